The number of ether oxygens (including phenoxy) is 1. The van der Waals surface area contributed by atoms with Crippen LogP contribution in [-0.4, -0.2) is 34.0 Å². The molecule has 1 aliphatic rings. The lowest BCUT2D eigenvalue weighted by Gasteiger charge is -2.12. The van der Waals surface area contributed by atoms with Gasteiger partial charge in [-0.2, -0.15) is 0 Å². The van der Waals surface area contributed by atoms with Gasteiger partial charge in [-0.3, -0.25) is 4.79 Å². The third kappa shape index (κ3) is 5.09. The topological polar surface area (TPSA) is 84.5 Å². The van der Waals surface area contributed by atoms with Crippen molar-refractivity contribution >= 4 is 31.9 Å². The Balaban J connectivity index is 1.71. The van der Waals surface area contributed by atoms with E-state index in [0.717, 1.165) is 22.9 Å². The summed E-state index contributed by atoms with van der Waals surface area (Å²) in [5, 5.41) is 2.83. The van der Waals surface area contributed by atoms with Gasteiger partial charge in [0.25, 0.3) is 5.91 Å². The van der Waals surface area contributed by atoms with Crippen LogP contribution in [0.5, 0.6) is 5.75 Å². The number of sulfonamides is 1. The van der Waals surface area contributed by atoms with Crippen molar-refractivity contribution in [3.8, 4) is 5.75 Å². The summed E-state index contributed by atoms with van der Waals surface area (Å²) in [6, 6.07) is 12.2. The van der Waals surface area contributed by atoms with Crippen LogP contribution in [0.1, 0.15) is 28.8 Å². The first-order valence-corrected chi connectivity index (χ1v) is 10.9. The van der Waals surface area contributed by atoms with Crippen LogP contribution in [-0.2, 0) is 16.4 Å². The average Bonchev–Trinajstić information content (AvgIpc) is 3.46. The molecule has 0 heterocycles. The summed E-state index contributed by atoms with van der Waals surface area (Å²) in [7, 11) is -2.32. The molecule has 0 spiro atoms. The fourth-order valence-corrected chi connectivity index (χ4v) is 4.61. The van der Waals surface area contributed by atoms with Crippen molar-refractivity contribution in [3.63, 3.8) is 0 Å². The number of halogens is 1. The molecule has 2 aromatic carbocycles. The van der Waals surface area contributed by atoms with E-state index in [1.807, 2.05) is 24.3 Å². The lowest BCUT2D eigenvalue weighted by molar-refractivity contribution is 0.0954. The summed E-state index contributed by atoms with van der Waals surface area (Å²) in [5.74, 6) is -0.111. The van der Waals surface area contributed by atoms with Gasteiger partial charge in [-0.05, 0) is 49.1 Å². The van der Waals surface area contributed by atoms with Crippen molar-refractivity contribution in [1.82, 2.24) is 10.0 Å². The molecule has 0 aliphatic heterocycles. The third-order valence-corrected chi connectivity index (χ3v) is 6.57. The van der Waals surface area contributed by atoms with Crippen molar-refractivity contribution in [2.45, 2.75) is 30.2 Å². The van der Waals surface area contributed by atoms with Crippen molar-refractivity contribution < 1.29 is 17.9 Å². The van der Waals surface area contributed by atoms with Gasteiger partial charge in [0.15, 0.2) is 0 Å². The first kappa shape index (κ1) is 19.9. The number of amides is 1. The van der Waals surface area contributed by atoms with E-state index in [2.05, 4.69) is 26.0 Å². The van der Waals surface area contributed by atoms with Gasteiger partial charge in [0.05, 0.1) is 7.11 Å². The molecule has 0 radical (unpaired) electrons. The predicted molar refractivity (Wildman–Crippen MR) is 107 cm³/mol. The molecule has 0 unspecified atom stereocenters. The molecule has 2 N–H and O–H groups in total. The van der Waals surface area contributed by atoms with E-state index >= 15 is 0 Å². The van der Waals surface area contributed by atoms with Crippen molar-refractivity contribution in [2.24, 2.45) is 0 Å². The lowest BCUT2D eigenvalue weighted by Crippen LogP contribution is -2.28. The molecule has 1 fully saturated rings. The number of benzene rings is 2. The zero-order chi connectivity index (χ0) is 19.4. The van der Waals surface area contributed by atoms with Gasteiger partial charge in [-0.1, -0.05) is 34.1 Å². The van der Waals surface area contributed by atoms with E-state index in [4.69, 9.17) is 4.74 Å². The zero-order valence-electron chi connectivity index (χ0n) is 14.9. The molecule has 0 aromatic heterocycles. The molecular formula is C19H21BrN2O4S. The second-order valence-electron chi connectivity index (χ2n) is 6.36. The molecule has 2 aromatic rings. The summed E-state index contributed by atoms with van der Waals surface area (Å²) in [6.07, 6.45) is 2.32. The maximum absolute atomic E-state index is 12.5. The minimum absolute atomic E-state index is 0.0182. The van der Waals surface area contributed by atoms with E-state index in [0.29, 0.717) is 13.0 Å². The van der Waals surface area contributed by atoms with Gasteiger partial charge in [-0.25, -0.2) is 13.1 Å². The molecule has 8 heteroatoms. The summed E-state index contributed by atoms with van der Waals surface area (Å²) in [5.41, 5.74) is 1.36. The minimum Gasteiger partial charge on any atom is -0.495 e. The van der Waals surface area contributed by atoms with Gasteiger partial charge in [-0.15, -0.1) is 0 Å². The van der Waals surface area contributed by atoms with Gasteiger partial charge in [0.2, 0.25) is 10.0 Å². The molecule has 0 bridgehead atoms. The summed E-state index contributed by atoms with van der Waals surface area (Å²) in [4.78, 5) is 12.4. The van der Waals surface area contributed by atoms with Crippen LogP contribution in [0.15, 0.2) is 51.8 Å². The van der Waals surface area contributed by atoms with Crippen LogP contribution in [0, 0.1) is 0 Å². The molecule has 27 heavy (non-hydrogen) atoms. The molecule has 1 saturated carbocycles. The van der Waals surface area contributed by atoms with Crippen molar-refractivity contribution in [2.75, 3.05) is 13.7 Å². The van der Waals surface area contributed by atoms with Crippen LogP contribution in [0.25, 0.3) is 0 Å². The molecule has 1 amide bonds. The molecule has 0 saturated heterocycles. The zero-order valence-corrected chi connectivity index (χ0v) is 17.3. The molecule has 1 aliphatic carbocycles. The molecule has 144 valence electrons. The van der Waals surface area contributed by atoms with Crippen LogP contribution in [0.4, 0.5) is 0 Å². The SMILES string of the molecule is COc1ccc(C(=O)NCCc2ccccc2Br)cc1S(=O)(=O)NC1CC1. The Morgan fingerprint density at radius 1 is 1.22 bits per heavy atom. The lowest BCUT2D eigenvalue weighted by atomic mass is 10.1. The largest absolute Gasteiger partial charge is 0.495 e. The monoisotopic (exact) mass is 452 g/mol. The number of carbonyl (C=O) groups is 1. The molecule has 6 nitrogen and oxygen atoms in total. The van der Waals surface area contributed by atoms with E-state index in [1.165, 1.54) is 19.2 Å². The van der Waals surface area contributed by atoms with Gasteiger partial charge >= 0.3 is 0 Å². The van der Waals surface area contributed by atoms with Crippen LogP contribution >= 0.6 is 15.9 Å². The summed E-state index contributed by atoms with van der Waals surface area (Å²) in [6.45, 7) is 0.440. The predicted octanol–water partition coefficient (Wildman–Crippen LogP) is 2.87. The smallest absolute Gasteiger partial charge is 0.251 e. The highest BCUT2D eigenvalue weighted by Crippen LogP contribution is 2.28. The maximum Gasteiger partial charge on any atom is 0.251 e. The molecular weight excluding hydrogens is 432 g/mol. The number of nitrogens with one attached hydrogen (secondary N) is 2. The molecule has 3 rings (SSSR count). The van der Waals surface area contributed by atoms with E-state index in [9.17, 15) is 13.2 Å². The highest BCUT2D eigenvalue weighted by Gasteiger charge is 2.30. The highest BCUT2D eigenvalue weighted by molar-refractivity contribution is 9.10. The van der Waals surface area contributed by atoms with Crippen LogP contribution < -0.4 is 14.8 Å². The Morgan fingerprint density at radius 3 is 2.63 bits per heavy atom. The number of hydrogen-bond acceptors (Lipinski definition) is 4. The Morgan fingerprint density at radius 2 is 1.96 bits per heavy atom. The molecule has 0 atom stereocenters. The first-order valence-electron chi connectivity index (χ1n) is 8.62. The highest BCUT2D eigenvalue weighted by atomic mass is 79.9. The number of hydrogen-bond donors (Lipinski definition) is 2. The summed E-state index contributed by atoms with van der Waals surface area (Å²) >= 11 is 3.48. The summed E-state index contributed by atoms with van der Waals surface area (Å²) < 4.78 is 33.9. The fourth-order valence-electron chi connectivity index (χ4n) is 2.63. The second kappa shape index (κ2) is 8.41. The normalized spacial score (nSPS) is 14.0. The second-order valence-corrected chi connectivity index (χ2v) is 8.90. The number of rotatable bonds is 8. The Kier molecular flexibility index (Phi) is 6.18. The number of carbonyl (C=O) groups excluding carboxylic acids is 1. The van der Waals surface area contributed by atoms with Gasteiger partial charge in [0.1, 0.15) is 10.6 Å². The Labute approximate surface area is 167 Å². The number of methoxy groups -OCH3 is 1. The van der Waals surface area contributed by atoms with Gasteiger partial charge < -0.3 is 10.1 Å². The Bertz CT molecular complexity index is 942. The van der Waals surface area contributed by atoms with Crippen molar-refractivity contribution in [1.29, 1.82) is 0 Å². The quantitative estimate of drug-likeness (QED) is 0.644. The fraction of sp³-hybridized carbons (Fsp3) is 0.316. The Hall–Kier alpha value is -1.90. The van der Waals surface area contributed by atoms with Crippen molar-refractivity contribution in [3.05, 3.63) is 58.1 Å². The average molecular weight is 453 g/mol. The third-order valence-electron chi connectivity index (χ3n) is 4.25. The van der Waals surface area contributed by atoms with E-state index in [1.54, 1.807) is 6.07 Å². The maximum atomic E-state index is 12.5. The van der Waals surface area contributed by atoms with Crippen LogP contribution in [0.3, 0.4) is 0 Å². The first-order chi connectivity index (χ1) is 12.9. The van der Waals surface area contributed by atoms with E-state index < -0.39 is 10.0 Å². The standard InChI is InChI=1S/C19H21BrN2O4S/c1-26-17-9-6-14(12-18(17)27(24,25)22-15-7-8-15)19(23)21-11-10-13-4-2-3-5-16(13)20/h2-6,9,12,15,22H,7-8,10-11H2,1H3,(H,21,23). The van der Waals surface area contributed by atoms with Crippen LogP contribution in [0.2, 0.25) is 0 Å². The van der Waals surface area contributed by atoms with E-state index in [-0.39, 0.29) is 28.2 Å². The van der Waals surface area contributed by atoms with Gasteiger partial charge in [0, 0.05) is 22.6 Å². The minimum atomic E-state index is -3.73.